The Labute approximate surface area is 157 Å². The first-order chi connectivity index (χ1) is 12.8. The molecular formula is C17H14N4O5S. The van der Waals surface area contributed by atoms with Crippen molar-refractivity contribution in [2.75, 3.05) is 6.61 Å². The van der Waals surface area contributed by atoms with Crippen molar-refractivity contribution in [3.8, 4) is 6.07 Å². The number of nitrogens with one attached hydrogen (secondary N) is 1. The van der Waals surface area contributed by atoms with Gasteiger partial charge in [0.25, 0.3) is 11.2 Å². The SMILES string of the molecule is CCOC(=O)/C(C#N)=C/c1cc([N+](=O)[O-])ccc1Sc1nc(C)cc(=O)[nH]1. The summed E-state index contributed by atoms with van der Waals surface area (Å²) >= 11 is 1.05. The van der Waals surface area contributed by atoms with Crippen LogP contribution in [-0.4, -0.2) is 27.5 Å². The predicted octanol–water partition coefficient (Wildman–Crippen LogP) is 2.61. The third-order valence-corrected chi connectivity index (χ3v) is 4.15. The highest BCUT2D eigenvalue weighted by Crippen LogP contribution is 2.32. The second kappa shape index (κ2) is 8.77. The van der Waals surface area contributed by atoms with Crippen LogP contribution in [0, 0.1) is 28.4 Å². The molecule has 9 nitrogen and oxygen atoms in total. The number of aryl methyl sites for hydroxylation is 1. The van der Waals surface area contributed by atoms with E-state index in [1.165, 1.54) is 30.3 Å². The van der Waals surface area contributed by atoms with E-state index in [-0.39, 0.29) is 34.1 Å². The molecule has 0 radical (unpaired) electrons. The third-order valence-electron chi connectivity index (χ3n) is 3.17. The molecule has 0 amide bonds. The summed E-state index contributed by atoms with van der Waals surface area (Å²) in [6, 6.07) is 7.02. The minimum atomic E-state index is -0.829. The molecule has 1 aromatic heterocycles. The second-order valence-electron chi connectivity index (χ2n) is 5.16. The fourth-order valence-corrected chi connectivity index (χ4v) is 2.98. The van der Waals surface area contributed by atoms with Crippen molar-refractivity contribution in [2.45, 2.75) is 23.9 Å². The highest BCUT2D eigenvalue weighted by molar-refractivity contribution is 7.99. The van der Waals surface area contributed by atoms with Crippen molar-refractivity contribution in [2.24, 2.45) is 0 Å². The molecule has 0 aliphatic carbocycles. The Morgan fingerprint density at radius 2 is 2.22 bits per heavy atom. The van der Waals surface area contributed by atoms with E-state index in [1.807, 2.05) is 0 Å². The predicted molar refractivity (Wildman–Crippen MR) is 97.0 cm³/mol. The summed E-state index contributed by atoms with van der Waals surface area (Å²) in [6.45, 7) is 3.34. The van der Waals surface area contributed by atoms with Crippen LogP contribution < -0.4 is 5.56 Å². The van der Waals surface area contributed by atoms with E-state index in [4.69, 9.17) is 4.74 Å². The Hall–Kier alpha value is -3.45. The van der Waals surface area contributed by atoms with Crippen LogP contribution >= 0.6 is 11.8 Å². The lowest BCUT2D eigenvalue weighted by molar-refractivity contribution is -0.384. The van der Waals surface area contributed by atoms with Crippen molar-refractivity contribution in [3.05, 3.63) is 61.6 Å². The number of rotatable bonds is 6. The maximum absolute atomic E-state index is 11.8. The molecule has 0 fully saturated rings. The summed E-state index contributed by atoms with van der Waals surface area (Å²) in [5.41, 5.74) is -0.0944. The number of aromatic amines is 1. The number of nitrogens with zero attached hydrogens (tertiary/aromatic N) is 3. The Bertz CT molecular complexity index is 1020. The number of carbonyl (C=O) groups excluding carboxylic acids is 1. The van der Waals surface area contributed by atoms with E-state index in [9.17, 15) is 25.0 Å². The number of nitro groups is 1. The van der Waals surface area contributed by atoms with Gasteiger partial charge in [-0.15, -0.1) is 0 Å². The molecule has 138 valence electrons. The molecule has 0 unspecified atom stereocenters. The molecule has 1 N–H and O–H groups in total. The highest BCUT2D eigenvalue weighted by atomic mass is 32.2. The van der Waals surface area contributed by atoms with Crippen molar-refractivity contribution in [3.63, 3.8) is 0 Å². The van der Waals surface area contributed by atoms with Crippen LogP contribution in [0.1, 0.15) is 18.2 Å². The number of carbonyl (C=O) groups is 1. The lowest BCUT2D eigenvalue weighted by Crippen LogP contribution is -2.08. The zero-order chi connectivity index (χ0) is 20.0. The number of aromatic nitrogens is 2. The lowest BCUT2D eigenvalue weighted by atomic mass is 10.1. The van der Waals surface area contributed by atoms with Crippen LogP contribution in [0.5, 0.6) is 0 Å². The van der Waals surface area contributed by atoms with Gasteiger partial charge < -0.3 is 9.72 Å². The topological polar surface area (TPSA) is 139 Å². The molecule has 2 aromatic rings. The van der Waals surface area contributed by atoms with Gasteiger partial charge in [0.05, 0.1) is 11.5 Å². The van der Waals surface area contributed by atoms with E-state index < -0.39 is 10.9 Å². The van der Waals surface area contributed by atoms with Gasteiger partial charge in [0.2, 0.25) is 0 Å². The third kappa shape index (κ3) is 5.26. The first kappa shape index (κ1) is 19.9. The molecule has 0 aliphatic heterocycles. The molecule has 2 rings (SSSR count). The van der Waals surface area contributed by atoms with Gasteiger partial charge in [0.15, 0.2) is 5.16 Å². The molecule has 0 atom stereocenters. The smallest absolute Gasteiger partial charge is 0.348 e. The molecule has 0 saturated heterocycles. The Morgan fingerprint density at radius 3 is 2.81 bits per heavy atom. The lowest BCUT2D eigenvalue weighted by Gasteiger charge is -2.07. The number of hydrogen-bond acceptors (Lipinski definition) is 8. The quantitative estimate of drug-likeness (QED) is 0.200. The maximum atomic E-state index is 11.8. The van der Waals surface area contributed by atoms with Crippen LogP contribution in [0.3, 0.4) is 0 Å². The number of esters is 1. The highest BCUT2D eigenvalue weighted by Gasteiger charge is 2.16. The minimum absolute atomic E-state index is 0.0862. The maximum Gasteiger partial charge on any atom is 0.348 e. The van der Waals surface area contributed by atoms with E-state index in [0.29, 0.717) is 10.6 Å². The van der Waals surface area contributed by atoms with Gasteiger partial charge in [-0.05, 0) is 31.6 Å². The van der Waals surface area contributed by atoms with Crippen molar-refractivity contribution in [1.82, 2.24) is 9.97 Å². The van der Waals surface area contributed by atoms with Gasteiger partial charge in [-0.2, -0.15) is 5.26 Å². The summed E-state index contributed by atoms with van der Waals surface area (Å²) in [5, 5.41) is 20.5. The van der Waals surface area contributed by atoms with E-state index in [2.05, 4.69) is 9.97 Å². The van der Waals surface area contributed by atoms with Crippen molar-refractivity contribution >= 4 is 29.5 Å². The van der Waals surface area contributed by atoms with Gasteiger partial charge in [-0.25, -0.2) is 9.78 Å². The van der Waals surface area contributed by atoms with E-state index >= 15 is 0 Å². The molecule has 0 bridgehead atoms. The van der Waals surface area contributed by atoms with Gasteiger partial charge in [0, 0.05) is 28.8 Å². The average molecular weight is 386 g/mol. The van der Waals surface area contributed by atoms with Crippen molar-refractivity contribution in [1.29, 1.82) is 5.26 Å². The zero-order valence-electron chi connectivity index (χ0n) is 14.4. The number of non-ortho nitro benzene ring substituents is 1. The number of nitriles is 1. The van der Waals surface area contributed by atoms with Crippen LogP contribution in [0.25, 0.3) is 6.08 Å². The molecule has 0 spiro atoms. The van der Waals surface area contributed by atoms with Crippen LogP contribution in [0.2, 0.25) is 0 Å². The largest absolute Gasteiger partial charge is 0.462 e. The fraction of sp³-hybridized carbons (Fsp3) is 0.176. The second-order valence-corrected chi connectivity index (χ2v) is 6.19. The molecule has 1 aromatic carbocycles. The summed E-state index contributed by atoms with van der Waals surface area (Å²) < 4.78 is 4.80. The van der Waals surface area contributed by atoms with Gasteiger partial charge >= 0.3 is 5.97 Å². The Balaban J connectivity index is 2.54. The number of ether oxygens (including phenoxy) is 1. The fourth-order valence-electron chi connectivity index (χ4n) is 2.06. The minimum Gasteiger partial charge on any atom is -0.462 e. The summed E-state index contributed by atoms with van der Waals surface area (Å²) in [6.07, 6.45) is 1.21. The van der Waals surface area contributed by atoms with E-state index in [0.717, 1.165) is 11.8 Å². The van der Waals surface area contributed by atoms with Crippen LogP contribution in [0.4, 0.5) is 5.69 Å². The molecule has 0 saturated carbocycles. The number of H-pyrrole nitrogens is 1. The number of hydrogen-bond donors (Lipinski definition) is 1. The molecule has 10 heteroatoms. The van der Waals surface area contributed by atoms with Crippen molar-refractivity contribution < 1.29 is 14.5 Å². The first-order valence-corrected chi connectivity index (χ1v) is 8.49. The summed E-state index contributed by atoms with van der Waals surface area (Å²) in [5.74, 6) is -0.829. The molecule has 1 heterocycles. The average Bonchev–Trinajstić information content (AvgIpc) is 2.59. The van der Waals surface area contributed by atoms with Gasteiger partial charge in [-0.3, -0.25) is 14.9 Å². The molecule has 0 aliphatic rings. The monoisotopic (exact) mass is 386 g/mol. The molecule has 27 heavy (non-hydrogen) atoms. The Morgan fingerprint density at radius 1 is 1.48 bits per heavy atom. The number of benzene rings is 1. The van der Waals surface area contributed by atoms with Gasteiger partial charge in [0.1, 0.15) is 11.6 Å². The summed E-state index contributed by atoms with van der Waals surface area (Å²) in [4.78, 5) is 41.1. The molecular weight excluding hydrogens is 372 g/mol. The Kier molecular flexibility index (Phi) is 6.46. The van der Waals surface area contributed by atoms with Gasteiger partial charge in [-0.1, -0.05) is 11.8 Å². The number of nitro benzene ring substituents is 1. The van der Waals surface area contributed by atoms with E-state index in [1.54, 1.807) is 19.9 Å². The van der Waals surface area contributed by atoms with Crippen LogP contribution in [-0.2, 0) is 9.53 Å². The first-order valence-electron chi connectivity index (χ1n) is 7.67. The van der Waals surface area contributed by atoms with Crippen LogP contribution in [0.15, 0.2) is 44.7 Å². The zero-order valence-corrected chi connectivity index (χ0v) is 15.2. The summed E-state index contributed by atoms with van der Waals surface area (Å²) in [7, 11) is 0. The normalized spacial score (nSPS) is 10.9. The standard InChI is InChI=1S/C17H14N4O5S/c1-3-26-16(23)12(9-18)7-11-8-13(21(24)25)4-5-14(11)27-17-19-10(2)6-15(22)20-17/h4-8H,3H2,1-2H3,(H,19,20,22)/b12-7+.